The molecule has 40 heavy (non-hydrogen) atoms. The smallest absolute Gasteiger partial charge is 0.456 e. The number of amides is 2. The number of halogens is 3. The fourth-order valence-electron chi connectivity index (χ4n) is 5.78. The number of esters is 1. The van der Waals surface area contributed by atoms with E-state index in [2.05, 4.69) is 25.5 Å². The van der Waals surface area contributed by atoms with Crippen LogP contribution in [0, 0.1) is 11.3 Å². The van der Waals surface area contributed by atoms with Crippen molar-refractivity contribution in [2.24, 2.45) is 11.3 Å². The zero-order valence-electron chi connectivity index (χ0n) is 24.1. The maximum Gasteiger partial charge on any atom is 0.573 e. The molecule has 0 radical (unpaired) electrons. The minimum Gasteiger partial charge on any atom is -0.456 e. The molecule has 0 bridgehead atoms. The quantitative estimate of drug-likeness (QED) is 0.348. The van der Waals surface area contributed by atoms with Crippen LogP contribution in [0.3, 0.4) is 0 Å². The lowest BCUT2D eigenvalue weighted by Gasteiger charge is -2.45. The Morgan fingerprint density at radius 3 is 2.00 bits per heavy atom. The summed E-state index contributed by atoms with van der Waals surface area (Å²) in [5.41, 5.74) is 1.02. The van der Waals surface area contributed by atoms with Crippen molar-refractivity contribution in [1.29, 1.82) is 0 Å². The van der Waals surface area contributed by atoms with Gasteiger partial charge in [-0.3, -0.25) is 4.90 Å². The number of urea groups is 1. The Morgan fingerprint density at radius 1 is 0.925 bits per heavy atom. The molecule has 2 amide bonds. The first-order valence-electron chi connectivity index (χ1n) is 13.7. The van der Waals surface area contributed by atoms with Crippen molar-refractivity contribution in [2.45, 2.75) is 91.3 Å². The second-order valence-electron chi connectivity index (χ2n) is 13.1. The summed E-state index contributed by atoms with van der Waals surface area (Å²) in [5, 5.41) is 0. The number of carbonyl (C=O) groups is 2. The molecule has 2 fully saturated rings. The summed E-state index contributed by atoms with van der Waals surface area (Å²) in [4.78, 5) is 29.9. The highest BCUT2D eigenvalue weighted by Crippen LogP contribution is 2.47. The molecule has 0 N–H and O–H groups in total. The molecule has 1 heterocycles. The van der Waals surface area contributed by atoms with E-state index in [1.165, 1.54) is 24.3 Å². The lowest BCUT2D eigenvalue weighted by Crippen LogP contribution is -2.50. The standard InChI is InChI=1S/C31H39F3N2O4/c1-28(2,3)23-15-17-30(18-16-23)20-35(24-11-13-25(14-12-24)39-31(32,33)34)27(38)36(30)19-21-7-9-22(10-8-21)26(37)40-29(4,5)6/h7-14,23H,15-20H2,1-6H3. The van der Waals surface area contributed by atoms with Crippen LogP contribution < -0.4 is 9.64 Å². The van der Waals surface area contributed by atoms with Crippen molar-refractivity contribution in [2.75, 3.05) is 11.4 Å². The molecule has 6 nitrogen and oxygen atoms in total. The summed E-state index contributed by atoms with van der Waals surface area (Å²) in [7, 11) is 0. The van der Waals surface area contributed by atoms with Gasteiger partial charge in [0, 0.05) is 12.2 Å². The summed E-state index contributed by atoms with van der Waals surface area (Å²) in [6.45, 7) is 13.0. The third-order valence-corrected chi connectivity index (χ3v) is 7.94. The summed E-state index contributed by atoms with van der Waals surface area (Å²) in [6, 6.07) is 12.4. The van der Waals surface area contributed by atoms with Gasteiger partial charge in [0.25, 0.3) is 0 Å². The maximum absolute atomic E-state index is 13.9. The molecule has 0 aromatic heterocycles. The highest BCUT2D eigenvalue weighted by molar-refractivity contribution is 5.95. The van der Waals surface area contributed by atoms with Gasteiger partial charge in [-0.1, -0.05) is 32.9 Å². The van der Waals surface area contributed by atoms with Crippen LogP contribution in [0.25, 0.3) is 0 Å². The molecular formula is C31H39F3N2O4. The van der Waals surface area contributed by atoms with E-state index in [9.17, 15) is 22.8 Å². The van der Waals surface area contributed by atoms with E-state index < -0.39 is 23.5 Å². The van der Waals surface area contributed by atoms with Crippen molar-refractivity contribution in [3.63, 3.8) is 0 Å². The van der Waals surface area contributed by atoms with Gasteiger partial charge in [-0.05, 0) is 99.7 Å². The number of benzene rings is 2. The van der Waals surface area contributed by atoms with Gasteiger partial charge in [-0.2, -0.15) is 0 Å². The first-order valence-corrected chi connectivity index (χ1v) is 13.7. The first kappa shape index (κ1) is 29.7. The first-order chi connectivity index (χ1) is 18.5. The second-order valence-corrected chi connectivity index (χ2v) is 13.1. The predicted molar refractivity (Wildman–Crippen MR) is 147 cm³/mol. The molecule has 1 aliphatic heterocycles. The number of anilines is 1. The Balaban J connectivity index is 1.58. The van der Waals surface area contributed by atoms with E-state index >= 15 is 0 Å². The fraction of sp³-hybridized carbons (Fsp3) is 0.548. The Kier molecular flexibility index (Phi) is 7.91. The minimum atomic E-state index is -4.78. The lowest BCUT2D eigenvalue weighted by molar-refractivity contribution is -0.274. The molecule has 2 aromatic rings. The maximum atomic E-state index is 13.9. The van der Waals surface area contributed by atoms with Gasteiger partial charge >= 0.3 is 18.4 Å². The van der Waals surface area contributed by atoms with Crippen molar-refractivity contribution in [3.8, 4) is 5.75 Å². The lowest BCUT2D eigenvalue weighted by atomic mass is 9.67. The van der Waals surface area contributed by atoms with Gasteiger partial charge in [0.15, 0.2) is 0 Å². The average molecular weight is 561 g/mol. The van der Waals surface area contributed by atoms with E-state index in [0.29, 0.717) is 30.3 Å². The second kappa shape index (κ2) is 10.6. The van der Waals surface area contributed by atoms with E-state index in [0.717, 1.165) is 31.2 Å². The monoisotopic (exact) mass is 560 g/mol. The largest absolute Gasteiger partial charge is 0.573 e. The number of carbonyl (C=O) groups excluding carboxylic acids is 2. The molecule has 0 unspecified atom stereocenters. The minimum absolute atomic E-state index is 0.167. The zero-order chi connectivity index (χ0) is 29.5. The molecule has 218 valence electrons. The van der Waals surface area contributed by atoms with Gasteiger partial charge in [-0.15, -0.1) is 13.2 Å². The number of rotatable bonds is 5. The summed E-state index contributed by atoms with van der Waals surface area (Å²) in [5.74, 6) is -0.196. The van der Waals surface area contributed by atoms with Crippen LogP contribution in [0.5, 0.6) is 5.75 Å². The molecule has 2 aliphatic rings. The Morgan fingerprint density at radius 2 is 1.50 bits per heavy atom. The van der Waals surface area contributed by atoms with E-state index in [-0.39, 0.29) is 17.2 Å². The van der Waals surface area contributed by atoms with Crippen LogP contribution >= 0.6 is 0 Å². The number of ether oxygens (including phenoxy) is 2. The van der Waals surface area contributed by atoms with Crippen LogP contribution in [0.2, 0.25) is 0 Å². The number of hydrogen-bond acceptors (Lipinski definition) is 4. The van der Waals surface area contributed by atoms with Crippen molar-refractivity contribution in [1.82, 2.24) is 4.90 Å². The number of nitrogens with zero attached hydrogens (tertiary/aromatic N) is 2. The van der Waals surface area contributed by atoms with Crippen molar-refractivity contribution >= 4 is 17.7 Å². The van der Waals surface area contributed by atoms with Gasteiger partial charge < -0.3 is 14.4 Å². The molecule has 9 heteroatoms. The van der Waals surface area contributed by atoms with E-state index in [1.807, 2.05) is 37.8 Å². The van der Waals surface area contributed by atoms with Crippen molar-refractivity contribution in [3.05, 3.63) is 59.7 Å². The normalized spacial score (nSPS) is 22.1. The zero-order valence-corrected chi connectivity index (χ0v) is 24.1. The van der Waals surface area contributed by atoms with Crippen LogP contribution in [0.15, 0.2) is 48.5 Å². The molecule has 2 aromatic carbocycles. The highest BCUT2D eigenvalue weighted by Gasteiger charge is 2.52. The molecule has 0 atom stereocenters. The molecule has 1 spiro atoms. The fourth-order valence-corrected chi connectivity index (χ4v) is 5.78. The van der Waals surface area contributed by atoms with Gasteiger partial charge in [-0.25, -0.2) is 9.59 Å². The SMILES string of the molecule is CC(C)(C)OC(=O)c1ccc(CN2C(=O)N(c3ccc(OC(F)(F)F)cc3)CC23CCC(C(C)(C)C)CC3)cc1. The number of hydrogen-bond donors (Lipinski definition) is 0. The van der Waals surface area contributed by atoms with Crippen LogP contribution in [-0.4, -0.2) is 40.9 Å². The van der Waals surface area contributed by atoms with Crippen LogP contribution in [0.1, 0.15) is 83.1 Å². The number of alkyl halides is 3. The summed E-state index contributed by atoms with van der Waals surface area (Å²) < 4.78 is 47.4. The Hall–Kier alpha value is -3.23. The van der Waals surface area contributed by atoms with Crippen LogP contribution in [0.4, 0.5) is 23.7 Å². The predicted octanol–water partition coefficient (Wildman–Crippen LogP) is 7.96. The van der Waals surface area contributed by atoms with Gasteiger partial charge in [0.05, 0.1) is 17.6 Å². The van der Waals surface area contributed by atoms with E-state index in [1.54, 1.807) is 17.0 Å². The third kappa shape index (κ3) is 6.91. The molecule has 1 saturated heterocycles. The highest BCUT2D eigenvalue weighted by atomic mass is 19.4. The van der Waals surface area contributed by atoms with Gasteiger partial charge in [0.2, 0.25) is 0 Å². The topological polar surface area (TPSA) is 59.1 Å². The molecule has 1 aliphatic carbocycles. The van der Waals surface area contributed by atoms with E-state index in [4.69, 9.17) is 4.74 Å². The van der Waals surface area contributed by atoms with Crippen LogP contribution in [-0.2, 0) is 11.3 Å². The summed E-state index contributed by atoms with van der Waals surface area (Å²) in [6.07, 6.45) is -1.14. The van der Waals surface area contributed by atoms with Crippen molar-refractivity contribution < 1.29 is 32.2 Å². The summed E-state index contributed by atoms with van der Waals surface area (Å²) >= 11 is 0. The van der Waals surface area contributed by atoms with Gasteiger partial charge in [0.1, 0.15) is 11.4 Å². The third-order valence-electron chi connectivity index (χ3n) is 7.94. The molecular weight excluding hydrogens is 521 g/mol. The molecule has 1 saturated carbocycles. The molecule has 4 rings (SSSR count). The average Bonchev–Trinajstić information content (AvgIpc) is 3.09. The Labute approximate surface area is 234 Å². The Bertz CT molecular complexity index is 1200.